The lowest BCUT2D eigenvalue weighted by molar-refractivity contribution is -0.136. The van der Waals surface area contributed by atoms with E-state index >= 15 is 0 Å². The zero-order valence-corrected chi connectivity index (χ0v) is 14.0. The van der Waals surface area contributed by atoms with Crippen LogP contribution < -0.4 is 10.6 Å². The molecule has 0 saturated heterocycles. The van der Waals surface area contributed by atoms with Crippen molar-refractivity contribution in [1.29, 1.82) is 0 Å². The van der Waals surface area contributed by atoms with Gasteiger partial charge in [-0.1, -0.05) is 49.7 Å². The highest BCUT2D eigenvalue weighted by Crippen LogP contribution is 2.22. The van der Waals surface area contributed by atoms with E-state index in [4.69, 9.17) is 4.74 Å². The number of nitrogens with one attached hydrogen (secondary N) is 2. The minimum atomic E-state index is -0.654. The highest BCUT2D eigenvalue weighted by molar-refractivity contribution is 6.40. The Morgan fingerprint density at radius 1 is 0.958 bits per heavy atom. The van der Waals surface area contributed by atoms with E-state index in [1.165, 1.54) is 0 Å². The second kappa shape index (κ2) is 9.67. The van der Waals surface area contributed by atoms with Crippen LogP contribution in [0.4, 0.5) is 5.69 Å². The maximum Gasteiger partial charge on any atom is 0.313 e. The fraction of sp³-hybridized carbons (Fsp3) is 0.368. The zero-order valence-electron chi connectivity index (χ0n) is 14.0. The van der Waals surface area contributed by atoms with Gasteiger partial charge in [-0.05, 0) is 24.3 Å². The molecule has 2 aromatic rings. The van der Waals surface area contributed by atoms with Crippen LogP contribution in [0, 0.1) is 0 Å². The Bertz CT molecular complexity index is 680. The summed E-state index contributed by atoms with van der Waals surface area (Å²) >= 11 is 0. The summed E-state index contributed by atoms with van der Waals surface area (Å²) in [5.74, 6) is -1.28. The first-order valence-corrected chi connectivity index (χ1v) is 8.37. The van der Waals surface area contributed by atoms with Gasteiger partial charge in [-0.2, -0.15) is 0 Å². The highest BCUT2D eigenvalue weighted by atomic mass is 16.5. The Labute approximate surface area is 142 Å². The van der Waals surface area contributed by atoms with Crippen LogP contribution in [0.1, 0.15) is 26.2 Å². The molecule has 0 aliphatic rings. The molecule has 0 unspecified atom stereocenters. The van der Waals surface area contributed by atoms with Gasteiger partial charge in [0.2, 0.25) is 0 Å². The van der Waals surface area contributed by atoms with Crippen LogP contribution in [0.5, 0.6) is 0 Å². The van der Waals surface area contributed by atoms with Gasteiger partial charge >= 0.3 is 11.8 Å². The molecule has 0 saturated carbocycles. The summed E-state index contributed by atoms with van der Waals surface area (Å²) in [5, 5.41) is 7.20. The Balaban J connectivity index is 1.78. The summed E-state index contributed by atoms with van der Waals surface area (Å²) in [6, 6.07) is 13.3. The summed E-state index contributed by atoms with van der Waals surface area (Å²) in [5.41, 5.74) is 0.635. The molecule has 2 aromatic carbocycles. The molecule has 24 heavy (non-hydrogen) atoms. The zero-order chi connectivity index (χ0) is 17.2. The number of fused-ring (bicyclic) bond motifs is 1. The number of ether oxygens (including phenoxy) is 1. The van der Waals surface area contributed by atoms with Crippen molar-refractivity contribution in [3.8, 4) is 0 Å². The van der Waals surface area contributed by atoms with Crippen LogP contribution in [0.3, 0.4) is 0 Å². The lowest BCUT2D eigenvalue weighted by Gasteiger charge is -2.09. The van der Waals surface area contributed by atoms with Crippen LogP contribution in [0.2, 0.25) is 0 Å². The van der Waals surface area contributed by atoms with Gasteiger partial charge in [0.1, 0.15) is 0 Å². The van der Waals surface area contributed by atoms with E-state index in [-0.39, 0.29) is 0 Å². The molecular formula is C19H24N2O3. The molecule has 128 valence electrons. The molecule has 0 aliphatic carbocycles. The molecule has 0 atom stereocenters. The molecule has 0 fully saturated rings. The van der Waals surface area contributed by atoms with Gasteiger partial charge in [0.25, 0.3) is 0 Å². The Morgan fingerprint density at radius 3 is 2.54 bits per heavy atom. The number of benzene rings is 2. The first-order chi connectivity index (χ1) is 11.7. The number of unbranched alkanes of at least 4 members (excludes halogenated alkanes) is 1. The van der Waals surface area contributed by atoms with Gasteiger partial charge < -0.3 is 15.4 Å². The van der Waals surface area contributed by atoms with E-state index in [1.807, 2.05) is 36.4 Å². The average molecular weight is 328 g/mol. The van der Waals surface area contributed by atoms with Crippen molar-refractivity contribution in [2.45, 2.75) is 26.2 Å². The quantitative estimate of drug-likeness (QED) is 0.578. The molecule has 0 bridgehead atoms. The first kappa shape index (κ1) is 17.9. The smallest absolute Gasteiger partial charge is 0.313 e. The highest BCUT2D eigenvalue weighted by Gasteiger charge is 2.14. The number of hydrogen-bond acceptors (Lipinski definition) is 3. The topological polar surface area (TPSA) is 67.4 Å². The number of carbonyl (C=O) groups excluding carboxylic acids is 2. The predicted octanol–water partition coefficient (Wildman–Crippen LogP) is 3.10. The van der Waals surface area contributed by atoms with Crippen molar-refractivity contribution in [2.75, 3.05) is 25.1 Å². The predicted molar refractivity (Wildman–Crippen MR) is 95.9 cm³/mol. The van der Waals surface area contributed by atoms with E-state index in [2.05, 4.69) is 17.6 Å². The van der Waals surface area contributed by atoms with Crippen molar-refractivity contribution in [1.82, 2.24) is 5.32 Å². The standard InChI is InChI=1S/C19H24N2O3/c1-2-3-13-24-14-7-12-20-18(22)19(23)21-17-11-6-9-15-8-4-5-10-16(15)17/h4-6,8-11H,2-3,7,12-14H2,1H3,(H,20,22)(H,21,23). The minimum Gasteiger partial charge on any atom is -0.381 e. The summed E-state index contributed by atoms with van der Waals surface area (Å²) in [7, 11) is 0. The van der Waals surface area contributed by atoms with Crippen molar-refractivity contribution in [3.63, 3.8) is 0 Å². The van der Waals surface area contributed by atoms with E-state index in [1.54, 1.807) is 6.07 Å². The molecule has 0 heterocycles. The third kappa shape index (κ3) is 5.35. The van der Waals surface area contributed by atoms with E-state index in [0.717, 1.165) is 30.2 Å². The van der Waals surface area contributed by atoms with E-state index in [0.29, 0.717) is 25.3 Å². The summed E-state index contributed by atoms with van der Waals surface area (Å²) in [4.78, 5) is 23.9. The maximum absolute atomic E-state index is 12.0. The monoisotopic (exact) mass is 328 g/mol. The van der Waals surface area contributed by atoms with E-state index in [9.17, 15) is 9.59 Å². The lowest BCUT2D eigenvalue weighted by Crippen LogP contribution is -2.36. The number of carbonyl (C=O) groups is 2. The Kier molecular flexibility index (Phi) is 7.23. The van der Waals surface area contributed by atoms with Crippen molar-refractivity contribution >= 4 is 28.3 Å². The third-order valence-electron chi connectivity index (χ3n) is 3.64. The largest absolute Gasteiger partial charge is 0.381 e. The van der Waals surface area contributed by atoms with Gasteiger partial charge in [-0.3, -0.25) is 9.59 Å². The summed E-state index contributed by atoms with van der Waals surface area (Å²) in [6.07, 6.45) is 2.84. The Morgan fingerprint density at radius 2 is 1.71 bits per heavy atom. The molecule has 2 N–H and O–H groups in total. The molecule has 0 aliphatic heterocycles. The molecule has 0 radical (unpaired) electrons. The molecular weight excluding hydrogens is 304 g/mol. The van der Waals surface area contributed by atoms with Crippen LogP contribution in [0.25, 0.3) is 10.8 Å². The van der Waals surface area contributed by atoms with E-state index < -0.39 is 11.8 Å². The number of anilines is 1. The molecule has 2 rings (SSSR count). The van der Waals surface area contributed by atoms with Gasteiger partial charge in [0.15, 0.2) is 0 Å². The number of rotatable bonds is 8. The SMILES string of the molecule is CCCCOCCCNC(=O)C(=O)Nc1cccc2ccccc12. The number of amides is 2. The second-order valence-corrected chi connectivity index (χ2v) is 5.56. The van der Waals surface area contributed by atoms with Crippen molar-refractivity contribution in [3.05, 3.63) is 42.5 Å². The average Bonchev–Trinajstić information content (AvgIpc) is 2.61. The first-order valence-electron chi connectivity index (χ1n) is 8.37. The molecule has 2 amide bonds. The normalized spacial score (nSPS) is 10.5. The van der Waals surface area contributed by atoms with Crippen molar-refractivity contribution < 1.29 is 14.3 Å². The van der Waals surface area contributed by atoms with Crippen LogP contribution in [0.15, 0.2) is 42.5 Å². The number of hydrogen-bond donors (Lipinski definition) is 2. The van der Waals surface area contributed by atoms with Crippen LogP contribution in [-0.2, 0) is 14.3 Å². The van der Waals surface area contributed by atoms with Crippen LogP contribution >= 0.6 is 0 Å². The second-order valence-electron chi connectivity index (χ2n) is 5.56. The lowest BCUT2D eigenvalue weighted by atomic mass is 10.1. The summed E-state index contributed by atoms with van der Waals surface area (Å²) in [6.45, 7) is 3.86. The van der Waals surface area contributed by atoms with Gasteiger partial charge in [-0.25, -0.2) is 0 Å². The van der Waals surface area contributed by atoms with Gasteiger partial charge in [0, 0.05) is 30.8 Å². The van der Waals surface area contributed by atoms with Gasteiger partial charge in [-0.15, -0.1) is 0 Å². The summed E-state index contributed by atoms with van der Waals surface area (Å²) < 4.78 is 5.41. The molecule has 0 spiro atoms. The van der Waals surface area contributed by atoms with Crippen LogP contribution in [-0.4, -0.2) is 31.6 Å². The minimum absolute atomic E-state index is 0.425. The van der Waals surface area contributed by atoms with Crippen molar-refractivity contribution in [2.24, 2.45) is 0 Å². The Hall–Kier alpha value is -2.40. The third-order valence-corrected chi connectivity index (χ3v) is 3.64. The fourth-order valence-electron chi connectivity index (χ4n) is 2.32. The fourth-order valence-corrected chi connectivity index (χ4v) is 2.32. The van der Waals surface area contributed by atoms with Gasteiger partial charge in [0.05, 0.1) is 0 Å². The maximum atomic E-state index is 12.0. The molecule has 0 aromatic heterocycles. The molecule has 5 heteroatoms. The molecule has 5 nitrogen and oxygen atoms in total.